The van der Waals surface area contributed by atoms with Crippen LogP contribution in [-0.2, 0) is 0 Å². The predicted molar refractivity (Wildman–Crippen MR) is 67.5 cm³/mol. The van der Waals surface area contributed by atoms with Crippen LogP contribution in [0.5, 0.6) is 5.75 Å². The molecule has 0 aliphatic carbocycles. The SMILES string of the molecule is Cc1cccc(C=O)c1OCC(C)(O)C(C)C. The molecule has 1 rings (SSSR count). The molecule has 0 aromatic heterocycles. The number of carbonyl (C=O) groups excluding carboxylic acids is 1. The molecule has 1 unspecified atom stereocenters. The zero-order valence-electron chi connectivity index (χ0n) is 10.9. The van der Waals surface area contributed by atoms with Crippen molar-refractivity contribution in [3.63, 3.8) is 0 Å². The minimum Gasteiger partial charge on any atom is -0.490 e. The Labute approximate surface area is 102 Å². The molecule has 17 heavy (non-hydrogen) atoms. The standard InChI is InChI=1S/C14H20O3/c1-10(2)14(4,16)9-17-13-11(3)6-5-7-12(13)8-15/h5-8,10,16H,9H2,1-4H3. The van der Waals surface area contributed by atoms with Crippen molar-refractivity contribution < 1.29 is 14.6 Å². The van der Waals surface area contributed by atoms with E-state index in [0.29, 0.717) is 11.3 Å². The second-order valence-corrected chi connectivity index (χ2v) is 4.91. The van der Waals surface area contributed by atoms with E-state index in [1.165, 1.54) is 0 Å². The van der Waals surface area contributed by atoms with Gasteiger partial charge in [0.2, 0.25) is 0 Å². The van der Waals surface area contributed by atoms with Gasteiger partial charge in [0.1, 0.15) is 12.4 Å². The Morgan fingerprint density at radius 3 is 2.65 bits per heavy atom. The van der Waals surface area contributed by atoms with Crippen LogP contribution < -0.4 is 4.74 Å². The van der Waals surface area contributed by atoms with Crippen LogP contribution >= 0.6 is 0 Å². The predicted octanol–water partition coefficient (Wildman–Crippen LogP) is 2.59. The molecule has 0 radical (unpaired) electrons. The van der Waals surface area contributed by atoms with Crippen LogP contribution in [0, 0.1) is 12.8 Å². The topological polar surface area (TPSA) is 46.5 Å². The Morgan fingerprint density at radius 2 is 2.12 bits per heavy atom. The second kappa shape index (κ2) is 5.32. The van der Waals surface area contributed by atoms with Crippen molar-refractivity contribution in [3.05, 3.63) is 29.3 Å². The summed E-state index contributed by atoms with van der Waals surface area (Å²) in [6.45, 7) is 7.66. The van der Waals surface area contributed by atoms with Gasteiger partial charge in [0, 0.05) is 0 Å². The van der Waals surface area contributed by atoms with Gasteiger partial charge in [-0.3, -0.25) is 4.79 Å². The van der Waals surface area contributed by atoms with Crippen molar-refractivity contribution in [2.75, 3.05) is 6.61 Å². The summed E-state index contributed by atoms with van der Waals surface area (Å²) in [5.74, 6) is 0.648. The number of aliphatic hydroxyl groups is 1. The van der Waals surface area contributed by atoms with E-state index in [2.05, 4.69) is 0 Å². The molecule has 3 heteroatoms. The van der Waals surface area contributed by atoms with E-state index in [1.807, 2.05) is 32.9 Å². The molecule has 1 N–H and O–H groups in total. The van der Waals surface area contributed by atoms with Gasteiger partial charge in [-0.1, -0.05) is 26.0 Å². The van der Waals surface area contributed by atoms with Crippen LogP contribution in [0.3, 0.4) is 0 Å². The van der Waals surface area contributed by atoms with Gasteiger partial charge in [-0.2, -0.15) is 0 Å². The lowest BCUT2D eigenvalue weighted by atomic mass is 9.93. The van der Waals surface area contributed by atoms with Gasteiger partial charge in [0.25, 0.3) is 0 Å². The first-order valence-electron chi connectivity index (χ1n) is 5.78. The Balaban J connectivity index is 2.86. The van der Waals surface area contributed by atoms with E-state index >= 15 is 0 Å². The third-order valence-electron chi connectivity index (χ3n) is 3.12. The number of rotatable bonds is 5. The van der Waals surface area contributed by atoms with Gasteiger partial charge in [0.05, 0.1) is 11.2 Å². The molecule has 94 valence electrons. The normalized spacial score (nSPS) is 14.5. The summed E-state index contributed by atoms with van der Waals surface area (Å²) in [6, 6.07) is 5.40. The molecule has 0 aliphatic rings. The summed E-state index contributed by atoms with van der Waals surface area (Å²) in [5.41, 5.74) is 0.515. The molecule has 0 heterocycles. The van der Waals surface area contributed by atoms with E-state index in [9.17, 15) is 9.90 Å². The molecular formula is C14H20O3. The highest BCUT2D eigenvalue weighted by Gasteiger charge is 2.26. The molecule has 1 aromatic rings. The monoisotopic (exact) mass is 236 g/mol. The van der Waals surface area contributed by atoms with Crippen molar-refractivity contribution in [1.82, 2.24) is 0 Å². The number of ether oxygens (including phenoxy) is 1. The van der Waals surface area contributed by atoms with Crippen molar-refractivity contribution in [2.24, 2.45) is 5.92 Å². The molecule has 3 nitrogen and oxygen atoms in total. The Morgan fingerprint density at radius 1 is 1.47 bits per heavy atom. The van der Waals surface area contributed by atoms with Gasteiger partial charge in [-0.05, 0) is 31.4 Å². The molecule has 0 bridgehead atoms. The van der Waals surface area contributed by atoms with Gasteiger partial charge in [0.15, 0.2) is 6.29 Å². The van der Waals surface area contributed by atoms with Gasteiger partial charge >= 0.3 is 0 Å². The van der Waals surface area contributed by atoms with Crippen molar-refractivity contribution in [1.29, 1.82) is 0 Å². The van der Waals surface area contributed by atoms with Crippen molar-refractivity contribution in [2.45, 2.75) is 33.3 Å². The van der Waals surface area contributed by atoms with E-state index < -0.39 is 5.60 Å². The number of aldehydes is 1. The Kier molecular flexibility index (Phi) is 4.29. The first-order chi connectivity index (χ1) is 7.88. The highest BCUT2D eigenvalue weighted by molar-refractivity contribution is 5.80. The van der Waals surface area contributed by atoms with E-state index in [4.69, 9.17) is 4.74 Å². The molecule has 0 saturated heterocycles. The summed E-state index contributed by atoms with van der Waals surface area (Å²) in [6.07, 6.45) is 0.770. The van der Waals surface area contributed by atoms with E-state index in [0.717, 1.165) is 11.8 Å². The van der Waals surface area contributed by atoms with Crippen LogP contribution in [0.4, 0.5) is 0 Å². The first kappa shape index (κ1) is 13.7. The Bertz CT molecular complexity index is 394. The maximum Gasteiger partial charge on any atom is 0.153 e. The largest absolute Gasteiger partial charge is 0.490 e. The minimum atomic E-state index is -0.900. The van der Waals surface area contributed by atoms with E-state index in [-0.39, 0.29) is 12.5 Å². The average molecular weight is 236 g/mol. The number of aryl methyl sites for hydroxylation is 1. The fourth-order valence-electron chi connectivity index (χ4n) is 1.35. The molecule has 1 aromatic carbocycles. The molecule has 0 amide bonds. The number of para-hydroxylation sites is 1. The zero-order chi connectivity index (χ0) is 13.1. The third-order valence-corrected chi connectivity index (χ3v) is 3.12. The van der Waals surface area contributed by atoms with Gasteiger partial charge in [-0.15, -0.1) is 0 Å². The zero-order valence-corrected chi connectivity index (χ0v) is 10.9. The molecule has 0 aliphatic heterocycles. The maximum absolute atomic E-state index is 10.9. The van der Waals surface area contributed by atoms with Crippen LogP contribution in [0.15, 0.2) is 18.2 Å². The fourth-order valence-corrected chi connectivity index (χ4v) is 1.35. The number of hydrogen-bond acceptors (Lipinski definition) is 3. The summed E-state index contributed by atoms with van der Waals surface area (Å²) < 4.78 is 5.60. The lowest BCUT2D eigenvalue weighted by Gasteiger charge is -2.28. The molecular weight excluding hydrogens is 216 g/mol. The van der Waals surface area contributed by atoms with Crippen LogP contribution in [0.2, 0.25) is 0 Å². The first-order valence-corrected chi connectivity index (χ1v) is 5.78. The quantitative estimate of drug-likeness (QED) is 0.799. The molecule has 0 spiro atoms. The van der Waals surface area contributed by atoms with E-state index in [1.54, 1.807) is 13.0 Å². The lowest BCUT2D eigenvalue weighted by Crippen LogP contribution is -2.38. The average Bonchev–Trinajstić information content (AvgIpc) is 2.26. The summed E-state index contributed by atoms with van der Waals surface area (Å²) in [4.78, 5) is 10.9. The number of benzene rings is 1. The van der Waals surface area contributed by atoms with Crippen LogP contribution in [0.25, 0.3) is 0 Å². The van der Waals surface area contributed by atoms with Crippen LogP contribution in [0.1, 0.15) is 36.7 Å². The highest BCUT2D eigenvalue weighted by atomic mass is 16.5. The smallest absolute Gasteiger partial charge is 0.153 e. The molecule has 0 saturated carbocycles. The van der Waals surface area contributed by atoms with Crippen molar-refractivity contribution in [3.8, 4) is 5.75 Å². The summed E-state index contributed by atoms with van der Waals surface area (Å²) in [5, 5.41) is 10.1. The van der Waals surface area contributed by atoms with Gasteiger partial charge < -0.3 is 9.84 Å². The Hall–Kier alpha value is -1.35. The number of hydrogen-bond donors (Lipinski definition) is 1. The van der Waals surface area contributed by atoms with Crippen LogP contribution in [-0.4, -0.2) is 23.6 Å². The van der Waals surface area contributed by atoms with Crippen molar-refractivity contribution >= 4 is 6.29 Å². The lowest BCUT2D eigenvalue weighted by molar-refractivity contribution is -0.0269. The molecule has 0 fully saturated rings. The van der Waals surface area contributed by atoms with Gasteiger partial charge in [-0.25, -0.2) is 0 Å². The number of carbonyl (C=O) groups is 1. The third kappa shape index (κ3) is 3.30. The minimum absolute atomic E-state index is 0.0891. The highest BCUT2D eigenvalue weighted by Crippen LogP contribution is 2.24. The second-order valence-electron chi connectivity index (χ2n) is 4.91. The summed E-state index contributed by atoms with van der Waals surface area (Å²) >= 11 is 0. The molecule has 1 atom stereocenters. The maximum atomic E-state index is 10.9. The summed E-state index contributed by atoms with van der Waals surface area (Å²) in [7, 11) is 0. The fraction of sp³-hybridized carbons (Fsp3) is 0.500.